The largest absolute Gasteiger partial charge is 0.389 e. The van der Waals surface area contributed by atoms with Crippen molar-refractivity contribution in [3.8, 4) is 0 Å². The Kier molecular flexibility index (Phi) is 11.1. The van der Waals surface area contributed by atoms with Gasteiger partial charge in [0.1, 0.15) is 0 Å². The molecule has 2 N–H and O–H groups in total. The molecule has 2 atom stereocenters. The number of allylic oxidation sites excluding steroid dienone is 4. The number of aliphatic hydroxyl groups is 2. The van der Waals surface area contributed by atoms with Crippen LogP contribution in [0.2, 0.25) is 0 Å². The fourth-order valence-electron chi connectivity index (χ4n) is 2.47. The van der Waals surface area contributed by atoms with Crippen molar-refractivity contribution in [1.29, 1.82) is 0 Å². The maximum atomic E-state index is 11.4. The average molecular weight is 372 g/mol. The Labute approximate surface area is 163 Å². The van der Waals surface area contributed by atoms with Gasteiger partial charge in [-0.3, -0.25) is 4.79 Å². The molecule has 0 aromatic heterocycles. The van der Waals surface area contributed by atoms with Crippen molar-refractivity contribution in [2.24, 2.45) is 0 Å². The highest BCUT2D eigenvalue weighted by molar-refractivity contribution is 5.75. The van der Waals surface area contributed by atoms with E-state index in [0.29, 0.717) is 12.8 Å². The minimum atomic E-state index is -0.630. The van der Waals surface area contributed by atoms with Gasteiger partial charge in [0.2, 0.25) is 5.91 Å². The van der Waals surface area contributed by atoms with Gasteiger partial charge in [0, 0.05) is 20.5 Å². The number of benzene rings is 1. The van der Waals surface area contributed by atoms with Gasteiger partial charge in [0.05, 0.1) is 12.2 Å². The van der Waals surface area contributed by atoms with E-state index in [-0.39, 0.29) is 5.91 Å². The van der Waals surface area contributed by atoms with E-state index >= 15 is 0 Å². The second kappa shape index (κ2) is 13.1. The van der Waals surface area contributed by atoms with E-state index in [0.717, 1.165) is 19.3 Å². The van der Waals surface area contributed by atoms with Crippen molar-refractivity contribution in [1.82, 2.24) is 4.90 Å². The molecule has 1 aromatic carbocycles. The van der Waals surface area contributed by atoms with Crippen LogP contribution in [-0.4, -0.2) is 47.3 Å². The Morgan fingerprint density at radius 2 is 1.52 bits per heavy atom. The molecule has 4 heteroatoms. The number of carbonyl (C=O) groups is 1. The first-order valence-electron chi connectivity index (χ1n) is 9.52. The molecule has 4 nitrogen and oxygen atoms in total. The first-order valence-corrected chi connectivity index (χ1v) is 9.52. The van der Waals surface area contributed by atoms with Crippen molar-refractivity contribution in [2.45, 2.75) is 51.2 Å². The van der Waals surface area contributed by atoms with Crippen LogP contribution in [0.15, 0.2) is 60.7 Å². The lowest BCUT2D eigenvalue weighted by molar-refractivity contribution is -0.129. The summed E-state index contributed by atoms with van der Waals surface area (Å²) in [5.74, 6) is 0.0114. The Hall–Kier alpha value is -2.17. The van der Waals surface area contributed by atoms with Crippen LogP contribution in [0.25, 0.3) is 0 Å². The molecule has 2 unspecified atom stereocenters. The predicted molar refractivity (Wildman–Crippen MR) is 111 cm³/mol. The zero-order valence-electron chi connectivity index (χ0n) is 16.7. The Morgan fingerprint density at radius 1 is 0.963 bits per heavy atom. The highest BCUT2D eigenvalue weighted by Gasteiger charge is 2.06. The number of aryl methyl sites for hydroxylation is 2. The molecule has 0 fully saturated rings. The summed E-state index contributed by atoms with van der Waals surface area (Å²) in [5, 5.41) is 19.7. The maximum absolute atomic E-state index is 11.4. The van der Waals surface area contributed by atoms with Crippen LogP contribution >= 0.6 is 0 Å². The van der Waals surface area contributed by atoms with E-state index < -0.39 is 12.2 Å². The van der Waals surface area contributed by atoms with Gasteiger partial charge in [0.15, 0.2) is 0 Å². The Morgan fingerprint density at radius 3 is 2.07 bits per heavy atom. The second-order valence-electron chi connectivity index (χ2n) is 6.99. The fraction of sp³-hybridized carbons (Fsp3) is 0.435. The summed E-state index contributed by atoms with van der Waals surface area (Å²) < 4.78 is 0. The number of nitrogens with zero attached hydrogens (tertiary/aromatic N) is 1. The quantitative estimate of drug-likeness (QED) is 0.585. The predicted octanol–water partition coefficient (Wildman–Crippen LogP) is 3.58. The smallest absolute Gasteiger partial charge is 0.222 e. The summed E-state index contributed by atoms with van der Waals surface area (Å²) in [7, 11) is 3.41. The van der Waals surface area contributed by atoms with Crippen molar-refractivity contribution >= 4 is 5.91 Å². The first kappa shape index (κ1) is 22.9. The molecule has 1 rings (SSSR count). The van der Waals surface area contributed by atoms with Crippen molar-refractivity contribution in [3.63, 3.8) is 0 Å². The Bertz CT molecular complexity index is 630. The van der Waals surface area contributed by atoms with Gasteiger partial charge < -0.3 is 15.1 Å². The average Bonchev–Trinajstić information content (AvgIpc) is 2.64. The zero-order chi connectivity index (χ0) is 20.1. The van der Waals surface area contributed by atoms with Crippen LogP contribution in [0.1, 0.15) is 36.8 Å². The summed E-state index contributed by atoms with van der Waals surface area (Å²) in [4.78, 5) is 13.0. The minimum Gasteiger partial charge on any atom is -0.389 e. The topological polar surface area (TPSA) is 60.8 Å². The molecule has 27 heavy (non-hydrogen) atoms. The molecule has 0 aliphatic heterocycles. The van der Waals surface area contributed by atoms with Gasteiger partial charge in [-0.25, -0.2) is 0 Å². The number of amides is 1. The number of hydrogen-bond donors (Lipinski definition) is 2. The summed E-state index contributed by atoms with van der Waals surface area (Å²) in [5.41, 5.74) is 2.56. The summed E-state index contributed by atoms with van der Waals surface area (Å²) in [6.45, 7) is 2.08. The monoisotopic (exact) mass is 371 g/mol. The maximum Gasteiger partial charge on any atom is 0.222 e. The van der Waals surface area contributed by atoms with E-state index in [2.05, 4.69) is 31.2 Å². The van der Waals surface area contributed by atoms with Crippen molar-refractivity contribution < 1.29 is 15.0 Å². The third-order valence-corrected chi connectivity index (χ3v) is 4.24. The highest BCUT2D eigenvalue weighted by Crippen LogP contribution is 2.09. The first-order chi connectivity index (χ1) is 12.9. The SMILES string of the molecule is Cc1ccc(CCCC(O)C=CC=CC=CC(O)CCC(=O)N(C)C)cc1. The third kappa shape index (κ3) is 11.2. The molecule has 0 spiro atoms. The van der Waals surface area contributed by atoms with E-state index in [1.54, 1.807) is 38.4 Å². The van der Waals surface area contributed by atoms with Crippen LogP contribution < -0.4 is 0 Å². The molecule has 0 saturated carbocycles. The number of rotatable bonds is 11. The van der Waals surface area contributed by atoms with Crippen LogP contribution in [0.4, 0.5) is 0 Å². The van der Waals surface area contributed by atoms with Crippen molar-refractivity contribution in [3.05, 3.63) is 71.8 Å². The molecule has 1 amide bonds. The van der Waals surface area contributed by atoms with Gasteiger partial charge in [-0.2, -0.15) is 0 Å². The number of hydrogen-bond acceptors (Lipinski definition) is 3. The van der Waals surface area contributed by atoms with Crippen LogP contribution in [0, 0.1) is 6.92 Å². The fourth-order valence-corrected chi connectivity index (χ4v) is 2.47. The van der Waals surface area contributed by atoms with Gasteiger partial charge in [-0.1, -0.05) is 66.3 Å². The third-order valence-electron chi connectivity index (χ3n) is 4.24. The van der Waals surface area contributed by atoms with Gasteiger partial charge in [-0.15, -0.1) is 0 Å². The van der Waals surface area contributed by atoms with Crippen LogP contribution in [0.3, 0.4) is 0 Å². The lowest BCUT2D eigenvalue weighted by Gasteiger charge is -2.10. The molecule has 0 radical (unpaired) electrons. The molecule has 0 aliphatic rings. The highest BCUT2D eigenvalue weighted by atomic mass is 16.3. The normalized spacial score (nSPS) is 14.3. The molecule has 0 saturated heterocycles. The van der Waals surface area contributed by atoms with Gasteiger partial charge in [0.25, 0.3) is 0 Å². The summed E-state index contributed by atoms with van der Waals surface area (Å²) in [6.07, 6.45) is 12.9. The summed E-state index contributed by atoms with van der Waals surface area (Å²) >= 11 is 0. The van der Waals surface area contributed by atoms with E-state index in [1.165, 1.54) is 16.0 Å². The standard InChI is InChI=1S/C23H33NO3/c1-19-13-15-20(16-14-19)9-8-12-21(25)10-6-4-5-7-11-22(26)17-18-23(27)24(2)3/h4-7,10-11,13-16,21-22,25-26H,8-9,12,17-18H2,1-3H3. The molecule has 1 aromatic rings. The lowest BCUT2D eigenvalue weighted by atomic mass is 10.0. The lowest BCUT2D eigenvalue weighted by Crippen LogP contribution is -2.22. The molecule has 0 heterocycles. The van der Waals surface area contributed by atoms with Gasteiger partial charge in [-0.05, 0) is 38.2 Å². The molecular formula is C23H33NO3. The number of aliphatic hydroxyl groups excluding tert-OH is 2. The zero-order valence-corrected chi connectivity index (χ0v) is 16.7. The molecule has 148 valence electrons. The summed E-state index contributed by atoms with van der Waals surface area (Å²) in [6, 6.07) is 8.50. The second-order valence-corrected chi connectivity index (χ2v) is 6.99. The van der Waals surface area contributed by atoms with Gasteiger partial charge >= 0.3 is 0 Å². The van der Waals surface area contributed by atoms with Crippen LogP contribution in [0.5, 0.6) is 0 Å². The minimum absolute atomic E-state index is 0.0114. The van der Waals surface area contributed by atoms with E-state index in [4.69, 9.17) is 0 Å². The van der Waals surface area contributed by atoms with Crippen LogP contribution in [-0.2, 0) is 11.2 Å². The molecule has 0 aliphatic carbocycles. The van der Waals surface area contributed by atoms with Crippen molar-refractivity contribution in [2.75, 3.05) is 14.1 Å². The van der Waals surface area contributed by atoms with E-state index in [9.17, 15) is 15.0 Å². The molecular weight excluding hydrogens is 338 g/mol. The Balaban J connectivity index is 2.20. The number of carbonyl (C=O) groups excluding carboxylic acids is 1. The molecule has 0 bridgehead atoms. The van der Waals surface area contributed by atoms with E-state index in [1.807, 2.05) is 12.2 Å².